The first-order chi connectivity index (χ1) is 10.4. The van der Waals surface area contributed by atoms with Gasteiger partial charge in [0.2, 0.25) is 5.82 Å². The van der Waals surface area contributed by atoms with Gasteiger partial charge in [0, 0.05) is 6.20 Å². The molecule has 5 heteroatoms. The molecule has 3 rings (SSSR count). The van der Waals surface area contributed by atoms with E-state index in [9.17, 15) is 0 Å². The number of pyridine rings is 1. The standard InChI is InChI=1S/C16H21N3O2/c1-2-14(20-12-8-4-3-5-9-12)16-18-15(19-21-16)13-10-6-7-11-17-13/h6-7,10-12,14H,2-5,8-9H2,1H3. The van der Waals surface area contributed by atoms with Crippen molar-refractivity contribution in [1.82, 2.24) is 15.1 Å². The minimum Gasteiger partial charge on any atom is -0.365 e. The number of hydrogen-bond acceptors (Lipinski definition) is 5. The molecule has 0 bridgehead atoms. The summed E-state index contributed by atoms with van der Waals surface area (Å²) in [6, 6.07) is 5.65. The van der Waals surface area contributed by atoms with E-state index in [4.69, 9.17) is 9.26 Å². The van der Waals surface area contributed by atoms with Crippen LogP contribution in [0.5, 0.6) is 0 Å². The van der Waals surface area contributed by atoms with Gasteiger partial charge in [-0.2, -0.15) is 4.98 Å². The molecule has 5 nitrogen and oxygen atoms in total. The molecule has 2 aromatic heterocycles. The van der Waals surface area contributed by atoms with Gasteiger partial charge in [-0.3, -0.25) is 4.98 Å². The minimum atomic E-state index is -0.113. The Hall–Kier alpha value is -1.75. The molecule has 0 N–H and O–H groups in total. The Morgan fingerprint density at radius 1 is 1.29 bits per heavy atom. The summed E-state index contributed by atoms with van der Waals surface area (Å²) in [6.45, 7) is 2.08. The van der Waals surface area contributed by atoms with Gasteiger partial charge in [-0.05, 0) is 31.4 Å². The molecule has 2 aromatic rings. The predicted molar refractivity (Wildman–Crippen MR) is 78.5 cm³/mol. The van der Waals surface area contributed by atoms with E-state index in [-0.39, 0.29) is 6.10 Å². The summed E-state index contributed by atoms with van der Waals surface area (Å²) >= 11 is 0. The molecule has 2 heterocycles. The molecule has 1 unspecified atom stereocenters. The van der Waals surface area contributed by atoms with Crippen LogP contribution in [0.1, 0.15) is 57.4 Å². The molecule has 1 atom stereocenters. The first-order valence-electron chi connectivity index (χ1n) is 7.77. The quantitative estimate of drug-likeness (QED) is 0.833. The summed E-state index contributed by atoms with van der Waals surface area (Å²) in [5, 5.41) is 4.02. The number of nitrogens with zero attached hydrogens (tertiary/aromatic N) is 3. The lowest BCUT2D eigenvalue weighted by Crippen LogP contribution is -2.19. The first kappa shape index (κ1) is 14.2. The topological polar surface area (TPSA) is 61.0 Å². The molecule has 1 fully saturated rings. The van der Waals surface area contributed by atoms with Gasteiger partial charge in [-0.25, -0.2) is 0 Å². The number of hydrogen-bond donors (Lipinski definition) is 0. The molecule has 0 radical (unpaired) electrons. The third kappa shape index (κ3) is 3.47. The molecule has 0 spiro atoms. The molecule has 0 aromatic carbocycles. The summed E-state index contributed by atoms with van der Waals surface area (Å²) < 4.78 is 11.5. The van der Waals surface area contributed by atoms with Crippen LogP contribution in [-0.2, 0) is 4.74 Å². The average molecular weight is 287 g/mol. The van der Waals surface area contributed by atoms with E-state index in [0.29, 0.717) is 17.8 Å². The van der Waals surface area contributed by atoms with Crippen molar-refractivity contribution in [2.45, 2.75) is 57.7 Å². The van der Waals surface area contributed by atoms with Crippen molar-refractivity contribution in [3.63, 3.8) is 0 Å². The summed E-state index contributed by atoms with van der Waals surface area (Å²) in [5.41, 5.74) is 0.722. The normalized spacial score (nSPS) is 17.8. The SMILES string of the molecule is CCC(OC1CCCCC1)c1nc(-c2ccccn2)no1. The van der Waals surface area contributed by atoms with Crippen molar-refractivity contribution in [1.29, 1.82) is 0 Å². The van der Waals surface area contributed by atoms with Crippen LogP contribution in [0, 0.1) is 0 Å². The van der Waals surface area contributed by atoms with E-state index < -0.39 is 0 Å². The van der Waals surface area contributed by atoms with Crippen molar-refractivity contribution in [2.24, 2.45) is 0 Å². The van der Waals surface area contributed by atoms with E-state index in [2.05, 4.69) is 22.0 Å². The van der Waals surface area contributed by atoms with Crippen molar-refractivity contribution in [2.75, 3.05) is 0 Å². The van der Waals surface area contributed by atoms with Crippen LogP contribution in [0.3, 0.4) is 0 Å². The third-order valence-electron chi connectivity index (χ3n) is 3.89. The predicted octanol–water partition coefficient (Wildman–Crippen LogP) is 3.93. The third-order valence-corrected chi connectivity index (χ3v) is 3.89. The van der Waals surface area contributed by atoms with Crippen molar-refractivity contribution in [3.05, 3.63) is 30.3 Å². The monoisotopic (exact) mass is 287 g/mol. The van der Waals surface area contributed by atoms with Crippen LogP contribution in [-0.4, -0.2) is 21.2 Å². The highest BCUT2D eigenvalue weighted by Gasteiger charge is 2.24. The van der Waals surface area contributed by atoms with Gasteiger partial charge in [0.1, 0.15) is 11.8 Å². The molecule has 21 heavy (non-hydrogen) atoms. The smallest absolute Gasteiger partial charge is 0.256 e. The second-order valence-corrected chi connectivity index (χ2v) is 5.46. The van der Waals surface area contributed by atoms with Crippen LogP contribution < -0.4 is 0 Å². The van der Waals surface area contributed by atoms with E-state index >= 15 is 0 Å². The van der Waals surface area contributed by atoms with Gasteiger partial charge in [-0.15, -0.1) is 0 Å². The summed E-state index contributed by atoms with van der Waals surface area (Å²) in [5.74, 6) is 1.08. The average Bonchev–Trinajstić information content (AvgIpc) is 3.04. The van der Waals surface area contributed by atoms with E-state index in [1.165, 1.54) is 19.3 Å². The lowest BCUT2D eigenvalue weighted by Gasteiger charge is -2.25. The van der Waals surface area contributed by atoms with Gasteiger partial charge in [-0.1, -0.05) is 37.4 Å². The fourth-order valence-electron chi connectivity index (χ4n) is 2.73. The highest BCUT2D eigenvalue weighted by atomic mass is 16.5. The van der Waals surface area contributed by atoms with Crippen molar-refractivity contribution < 1.29 is 9.26 Å². The molecule has 1 aliphatic carbocycles. The van der Waals surface area contributed by atoms with Gasteiger partial charge < -0.3 is 9.26 Å². The molecule has 0 aliphatic heterocycles. The van der Waals surface area contributed by atoms with Crippen molar-refractivity contribution in [3.8, 4) is 11.5 Å². The fraction of sp³-hybridized carbons (Fsp3) is 0.562. The Bertz CT molecular complexity index is 550. The van der Waals surface area contributed by atoms with Gasteiger partial charge in [0.05, 0.1) is 6.10 Å². The van der Waals surface area contributed by atoms with Gasteiger partial charge >= 0.3 is 0 Å². The summed E-state index contributed by atoms with van der Waals surface area (Å²) in [7, 11) is 0. The second-order valence-electron chi connectivity index (χ2n) is 5.46. The fourth-order valence-corrected chi connectivity index (χ4v) is 2.73. The zero-order valence-corrected chi connectivity index (χ0v) is 12.4. The Balaban J connectivity index is 1.71. The van der Waals surface area contributed by atoms with Crippen molar-refractivity contribution >= 4 is 0 Å². The molecular weight excluding hydrogens is 266 g/mol. The summed E-state index contributed by atoms with van der Waals surface area (Å²) in [4.78, 5) is 8.69. The zero-order chi connectivity index (χ0) is 14.5. The molecule has 0 saturated heterocycles. The lowest BCUT2D eigenvalue weighted by molar-refractivity contribution is -0.0468. The molecule has 1 saturated carbocycles. The van der Waals surface area contributed by atoms with Crippen LogP contribution >= 0.6 is 0 Å². The Labute approximate surface area is 124 Å². The van der Waals surface area contributed by atoms with E-state index in [0.717, 1.165) is 25.0 Å². The summed E-state index contributed by atoms with van der Waals surface area (Å²) in [6.07, 6.45) is 8.87. The Morgan fingerprint density at radius 2 is 2.14 bits per heavy atom. The zero-order valence-electron chi connectivity index (χ0n) is 12.4. The highest BCUT2D eigenvalue weighted by Crippen LogP contribution is 2.29. The van der Waals surface area contributed by atoms with E-state index in [1.807, 2.05) is 18.2 Å². The number of rotatable bonds is 5. The van der Waals surface area contributed by atoms with Crippen LogP contribution in [0.25, 0.3) is 11.5 Å². The maximum Gasteiger partial charge on any atom is 0.256 e. The number of aromatic nitrogens is 3. The minimum absolute atomic E-state index is 0.113. The molecular formula is C16H21N3O2. The second kappa shape index (κ2) is 6.80. The van der Waals surface area contributed by atoms with Gasteiger partial charge in [0.15, 0.2) is 0 Å². The lowest BCUT2D eigenvalue weighted by atomic mass is 9.97. The first-order valence-corrected chi connectivity index (χ1v) is 7.77. The molecule has 112 valence electrons. The largest absolute Gasteiger partial charge is 0.365 e. The van der Waals surface area contributed by atoms with Crippen LogP contribution in [0.15, 0.2) is 28.9 Å². The molecule has 1 aliphatic rings. The Kier molecular flexibility index (Phi) is 4.60. The molecule has 0 amide bonds. The Morgan fingerprint density at radius 3 is 2.86 bits per heavy atom. The van der Waals surface area contributed by atoms with Gasteiger partial charge in [0.25, 0.3) is 5.89 Å². The van der Waals surface area contributed by atoms with Crippen LogP contribution in [0.4, 0.5) is 0 Å². The maximum absolute atomic E-state index is 6.16. The van der Waals surface area contributed by atoms with E-state index in [1.54, 1.807) is 6.20 Å². The maximum atomic E-state index is 6.16. The number of ether oxygens (including phenoxy) is 1. The highest BCUT2D eigenvalue weighted by molar-refractivity contribution is 5.47. The van der Waals surface area contributed by atoms with Crippen LogP contribution in [0.2, 0.25) is 0 Å².